The maximum absolute atomic E-state index is 14.0. The van der Waals surface area contributed by atoms with Gasteiger partial charge in [0.15, 0.2) is 0 Å². The van der Waals surface area contributed by atoms with E-state index in [1.54, 1.807) is 13.3 Å². The van der Waals surface area contributed by atoms with Crippen molar-refractivity contribution in [3.8, 4) is 0 Å². The molecule has 0 heterocycles. The van der Waals surface area contributed by atoms with Crippen LogP contribution in [0.15, 0.2) is 0 Å². The fraction of sp³-hybridized carbons (Fsp3) is 1.00. The molecule has 0 aromatic heterocycles. The normalized spacial score (nSPS) is 16.3. The van der Waals surface area contributed by atoms with E-state index in [1.807, 2.05) is 11.8 Å². The van der Waals surface area contributed by atoms with Gasteiger partial charge in [0, 0.05) is 17.5 Å². The summed E-state index contributed by atoms with van der Waals surface area (Å²) >= 11 is 1.95. The van der Waals surface area contributed by atoms with Crippen LogP contribution in [-0.4, -0.2) is 42.7 Å². The van der Waals surface area contributed by atoms with Gasteiger partial charge in [0.1, 0.15) is 0 Å². The van der Waals surface area contributed by atoms with E-state index in [-0.39, 0.29) is 5.16 Å². The van der Waals surface area contributed by atoms with Gasteiger partial charge in [0.25, 0.3) is 0 Å². The van der Waals surface area contributed by atoms with Crippen molar-refractivity contribution < 1.29 is 8.39 Å². The fourth-order valence-corrected chi connectivity index (χ4v) is 5.58. The second kappa shape index (κ2) is 14.9. The molecule has 0 rings (SSSR count). The highest BCUT2D eigenvalue weighted by atomic mass is 32.2. The minimum atomic E-state index is -1.40. The Kier molecular flexibility index (Phi) is 15.5. The molecule has 1 nitrogen and oxygen atoms in total. The molecule has 3 unspecified atom stereocenters. The molecule has 0 aliphatic rings. The van der Waals surface area contributed by atoms with E-state index < -0.39 is 16.5 Å². The predicted molar refractivity (Wildman–Crippen MR) is 127 cm³/mol. The van der Waals surface area contributed by atoms with Crippen molar-refractivity contribution >= 4 is 28.2 Å². The summed E-state index contributed by atoms with van der Waals surface area (Å²) in [5.74, 6) is 2.87. The molecule has 6 heteroatoms. The smallest absolute Gasteiger partial charge is 0.0839 e. The maximum Gasteiger partial charge on any atom is 0.0839 e. The van der Waals surface area contributed by atoms with E-state index in [4.69, 9.17) is 5.73 Å². The van der Waals surface area contributed by atoms with Crippen LogP contribution in [-0.2, 0) is 0 Å². The molecule has 0 aromatic rings. The Bertz CT molecular complexity index is 366. The van der Waals surface area contributed by atoms with Crippen LogP contribution in [0.1, 0.15) is 79.1 Å². The van der Waals surface area contributed by atoms with Crippen LogP contribution in [0.5, 0.6) is 0 Å². The van der Waals surface area contributed by atoms with Crippen molar-refractivity contribution in [1.29, 1.82) is 0 Å². The van der Waals surface area contributed by atoms with E-state index in [9.17, 15) is 8.39 Å². The van der Waals surface area contributed by atoms with Crippen LogP contribution < -0.4 is 5.73 Å². The summed E-state index contributed by atoms with van der Waals surface area (Å²) < 4.78 is 27.0. The molecule has 2 N–H and O–H groups in total. The molecule has 0 spiro atoms. The molecule has 0 amide bonds. The first-order chi connectivity index (χ1) is 12.5. The van der Waals surface area contributed by atoms with Gasteiger partial charge in [-0.15, -0.1) is 0 Å². The summed E-state index contributed by atoms with van der Waals surface area (Å²) in [7, 11) is -2.65. The Morgan fingerprint density at radius 1 is 0.926 bits per heavy atom. The van der Waals surface area contributed by atoms with Gasteiger partial charge in [-0.1, -0.05) is 47.0 Å². The SMILES string of the molecule is CP(F)CCCCCC(CCC(C)(C)P(C)F)CC(C)(C)CCSCCN. The number of thioether (sulfide) groups is 1. The molecular formula is C21H45F2NP2S. The molecule has 0 aliphatic carbocycles. The predicted octanol–water partition coefficient (Wildman–Crippen LogP) is 8.21. The van der Waals surface area contributed by atoms with Crippen molar-refractivity contribution in [3.05, 3.63) is 0 Å². The van der Waals surface area contributed by atoms with E-state index >= 15 is 0 Å². The fourth-order valence-electron chi connectivity index (χ4n) is 3.42. The summed E-state index contributed by atoms with van der Waals surface area (Å²) in [5, 5.41) is -0.180. The third kappa shape index (κ3) is 15.5. The lowest BCUT2D eigenvalue weighted by Gasteiger charge is -2.33. The largest absolute Gasteiger partial charge is 0.330 e. The summed E-state index contributed by atoms with van der Waals surface area (Å²) in [6, 6.07) is 0. The molecule has 0 aromatic carbocycles. The first-order valence-electron chi connectivity index (χ1n) is 10.5. The zero-order valence-electron chi connectivity index (χ0n) is 18.7. The average Bonchev–Trinajstić information content (AvgIpc) is 2.55. The Balaban J connectivity index is 4.56. The number of rotatable bonds is 17. The van der Waals surface area contributed by atoms with Crippen LogP contribution in [0.25, 0.3) is 0 Å². The van der Waals surface area contributed by atoms with Gasteiger partial charge in [0.2, 0.25) is 0 Å². The molecule has 0 fully saturated rings. The highest BCUT2D eigenvalue weighted by molar-refractivity contribution is 7.99. The standard InChI is InChI=1S/C21H45F2NP2S/c1-20(2,13-16-27-17-14-24)18-19(10-8-7-9-15-25(5)22)11-12-21(3,4)26(6)23/h19H,7-18,24H2,1-6H3. The molecule has 0 aliphatic heterocycles. The monoisotopic (exact) mass is 443 g/mol. The van der Waals surface area contributed by atoms with Crippen LogP contribution in [0.4, 0.5) is 8.39 Å². The van der Waals surface area contributed by atoms with Crippen LogP contribution in [0.3, 0.4) is 0 Å². The summed E-state index contributed by atoms with van der Waals surface area (Å²) in [5.41, 5.74) is 5.91. The van der Waals surface area contributed by atoms with Crippen molar-refractivity contribution in [2.75, 3.05) is 37.5 Å². The van der Waals surface area contributed by atoms with Crippen LogP contribution >= 0.6 is 28.2 Å². The highest BCUT2D eigenvalue weighted by Gasteiger charge is 2.29. The van der Waals surface area contributed by atoms with E-state index in [1.165, 1.54) is 31.4 Å². The van der Waals surface area contributed by atoms with E-state index in [2.05, 4.69) is 27.7 Å². The van der Waals surface area contributed by atoms with Gasteiger partial charge < -0.3 is 5.73 Å². The molecule has 27 heavy (non-hydrogen) atoms. The molecule has 0 saturated heterocycles. The average molecular weight is 444 g/mol. The van der Waals surface area contributed by atoms with Gasteiger partial charge in [-0.25, -0.2) is 8.39 Å². The van der Waals surface area contributed by atoms with Gasteiger partial charge in [-0.2, -0.15) is 11.8 Å². The Morgan fingerprint density at radius 2 is 1.59 bits per heavy atom. The lowest BCUT2D eigenvalue weighted by molar-refractivity contribution is 0.230. The molecule has 0 radical (unpaired) electrons. The first kappa shape index (κ1) is 28.0. The minimum Gasteiger partial charge on any atom is -0.330 e. The zero-order chi connectivity index (χ0) is 20.9. The van der Waals surface area contributed by atoms with Gasteiger partial charge in [0.05, 0.1) is 16.5 Å². The van der Waals surface area contributed by atoms with Gasteiger partial charge >= 0.3 is 0 Å². The minimum absolute atomic E-state index is 0.180. The molecule has 0 saturated carbocycles. The first-order valence-corrected chi connectivity index (χ1v) is 15.2. The number of halogens is 2. The lowest BCUT2D eigenvalue weighted by Crippen LogP contribution is -2.22. The molecule has 3 atom stereocenters. The summed E-state index contributed by atoms with van der Waals surface area (Å²) in [6.45, 7) is 13.1. The van der Waals surface area contributed by atoms with Crippen LogP contribution in [0, 0.1) is 11.3 Å². The van der Waals surface area contributed by atoms with E-state index in [0.717, 1.165) is 44.1 Å². The Hall–Kier alpha value is 1.03. The second-order valence-corrected chi connectivity index (χ2v) is 14.4. The lowest BCUT2D eigenvalue weighted by atomic mass is 9.77. The molecule has 0 bridgehead atoms. The summed E-state index contributed by atoms with van der Waals surface area (Å²) in [6.07, 6.45) is 9.80. The number of hydrogen-bond acceptors (Lipinski definition) is 2. The van der Waals surface area contributed by atoms with Crippen molar-refractivity contribution in [2.24, 2.45) is 17.1 Å². The highest BCUT2D eigenvalue weighted by Crippen LogP contribution is 2.51. The summed E-state index contributed by atoms with van der Waals surface area (Å²) in [4.78, 5) is 0. The number of hydrogen-bond donors (Lipinski definition) is 1. The third-order valence-corrected chi connectivity index (χ3v) is 9.45. The zero-order valence-corrected chi connectivity index (χ0v) is 21.3. The third-order valence-electron chi connectivity index (χ3n) is 5.60. The number of nitrogens with two attached hydrogens (primary N) is 1. The van der Waals surface area contributed by atoms with Gasteiger partial charge in [-0.3, -0.25) is 0 Å². The van der Waals surface area contributed by atoms with Crippen molar-refractivity contribution in [1.82, 2.24) is 0 Å². The molecular weight excluding hydrogens is 398 g/mol. The second-order valence-electron chi connectivity index (χ2n) is 9.39. The van der Waals surface area contributed by atoms with Crippen LogP contribution in [0.2, 0.25) is 0 Å². The number of unbranched alkanes of at least 4 members (excludes halogenated alkanes) is 2. The maximum atomic E-state index is 14.0. The van der Waals surface area contributed by atoms with Crippen molar-refractivity contribution in [2.45, 2.75) is 84.2 Å². The van der Waals surface area contributed by atoms with E-state index in [0.29, 0.717) is 11.3 Å². The molecule has 164 valence electrons. The van der Waals surface area contributed by atoms with Crippen molar-refractivity contribution in [3.63, 3.8) is 0 Å². The topological polar surface area (TPSA) is 26.0 Å². The Morgan fingerprint density at radius 3 is 2.15 bits per heavy atom. The Labute approximate surface area is 175 Å². The van der Waals surface area contributed by atoms with Gasteiger partial charge in [-0.05, 0) is 68.7 Å². The quantitative estimate of drug-likeness (QED) is 0.181.